The van der Waals surface area contributed by atoms with Gasteiger partial charge in [-0.05, 0) is 62.8 Å². The number of carbonyl (C=O) groups is 3. The normalized spacial score (nSPS) is 28.5. The number of carbonyl (C=O) groups excluding carboxylic acids is 3. The monoisotopic (exact) mass is 619 g/mol. The third-order valence-electron chi connectivity index (χ3n) is 9.74. The fraction of sp³-hybridized carbons (Fsp3) is 0.457. The number of anilines is 2. The number of hydrogen-bond acceptors (Lipinski definition) is 5. The molecule has 5 rings (SSSR count). The number of hydrogen-bond donors (Lipinski definition) is 1. The molecule has 3 unspecified atom stereocenters. The van der Waals surface area contributed by atoms with E-state index in [0.29, 0.717) is 48.6 Å². The quantitative estimate of drug-likeness (QED) is 0.244. The summed E-state index contributed by atoms with van der Waals surface area (Å²) in [6.45, 7) is 12.5. The molecular formula is C35H42ClN3O5. The van der Waals surface area contributed by atoms with Crippen LogP contribution in [-0.4, -0.2) is 71.2 Å². The number of benzene rings is 2. The Hall–Kier alpha value is -3.46. The number of nitrogens with zero attached hydrogens (tertiary/aromatic N) is 3. The molecule has 1 spiro atoms. The number of rotatable bonds is 13. The summed E-state index contributed by atoms with van der Waals surface area (Å²) in [5.41, 5.74) is -0.926. The number of aliphatic hydroxyl groups excluding tert-OH is 1. The van der Waals surface area contributed by atoms with E-state index in [2.05, 4.69) is 13.2 Å². The zero-order chi connectivity index (χ0) is 31.6. The minimum Gasteiger partial charge on any atom is -0.396 e. The van der Waals surface area contributed by atoms with Crippen LogP contribution in [0.3, 0.4) is 0 Å². The van der Waals surface area contributed by atoms with E-state index in [0.717, 1.165) is 0 Å². The van der Waals surface area contributed by atoms with Gasteiger partial charge in [0.15, 0.2) is 0 Å². The first kappa shape index (κ1) is 31.9. The Balaban J connectivity index is 1.61. The second-order valence-electron chi connectivity index (χ2n) is 12.3. The van der Waals surface area contributed by atoms with Gasteiger partial charge in [-0.1, -0.05) is 61.0 Å². The van der Waals surface area contributed by atoms with E-state index < -0.39 is 29.1 Å². The van der Waals surface area contributed by atoms with Crippen LogP contribution in [0.2, 0.25) is 5.02 Å². The summed E-state index contributed by atoms with van der Waals surface area (Å²) >= 11 is 6.59. The van der Waals surface area contributed by atoms with Gasteiger partial charge in [-0.2, -0.15) is 0 Å². The molecule has 2 aromatic rings. The molecule has 2 aromatic carbocycles. The molecule has 8 nitrogen and oxygen atoms in total. The molecule has 2 bridgehead atoms. The fourth-order valence-corrected chi connectivity index (χ4v) is 7.92. The van der Waals surface area contributed by atoms with Crippen LogP contribution in [0.25, 0.3) is 0 Å². The first-order valence-corrected chi connectivity index (χ1v) is 15.8. The average Bonchev–Trinajstić information content (AvgIpc) is 3.53. The van der Waals surface area contributed by atoms with E-state index in [1.54, 1.807) is 45.1 Å². The number of halogens is 1. The summed E-state index contributed by atoms with van der Waals surface area (Å²) in [4.78, 5) is 48.9. The molecule has 234 valence electrons. The molecule has 3 amide bonds. The van der Waals surface area contributed by atoms with Crippen LogP contribution in [-0.2, 0) is 19.1 Å². The number of amides is 3. The smallest absolute Gasteiger partial charge is 0.253 e. The molecule has 44 heavy (non-hydrogen) atoms. The Kier molecular flexibility index (Phi) is 9.35. The van der Waals surface area contributed by atoms with Crippen LogP contribution < -0.4 is 9.80 Å². The third-order valence-corrected chi connectivity index (χ3v) is 10.1. The molecule has 3 saturated heterocycles. The highest BCUT2D eigenvalue weighted by atomic mass is 35.5. The van der Waals surface area contributed by atoms with Crippen LogP contribution in [0.5, 0.6) is 0 Å². The number of aliphatic hydroxyl groups is 1. The lowest BCUT2D eigenvalue weighted by atomic mass is 9.62. The minimum atomic E-state index is -1.20. The number of fused-ring (bicyclic) bond motifs is 1. The Morgan fingerprint density at radius 1 is 1.02 bits per heavy atom. The maximum atomic E-state index is 14.8. The lowest BCUT2D eigenvalue weighted by molar-refractivity contribution is -0.145. The molecule has 0 aromatic heterocycles. The van der Waals surface area contributed by atoms with Crippen LogP contribution in [0.1, 0.15) is 39.5 Å². The van der Waals surface area contributed by atoms with E-state index in [1.165, 1.54) is 0 Å². The van der Waals surface area contributed by atoms with E-state index in [1.807, 2.05) is 50.2 Å². The first-order valence-electron chi connectivity index (χ1n) is 15.4. The molecule has 1 N–H and O–H groups in total. The van der Waals surface area contributed by atoms with Gasteiger partial charge in [0, 0.05) is 31.9 Å². The zero-order valence-corrected chi connectivity index (χ0v) is 26.3. The lowest BCUT2D eigenvalue weighted by Gasteiger charge is -2.39. The van der Waals surface area contributed by atoms with Crippen molar-refractivity contribution in [3.63, 3.8) is 0 Å². The van der Waals surface area contributed by atoms with Gasteiger partial charge in [-0.15, -0.1) is 13.2 Å². The summed E-state index contributed by atoms with van der Waals surface area (Å²) in [5.74, 6) is -2.51. The van der Waals surface area contributed by atoms with Crippen molar-refractivity contribution in [3.05, 3.63) is 84.9 Å². The first-order chi connectivity index (χ1) is 21.2. The molecule has 6 atom stereocenters. The molecule has 0 saturated carbocycles. The lowest BCUT2D eigenvalue weighted by Crippen LogP contribution is -2.57. The number of ether oxygens (including phenoxy) is 1. The summed E-state index contributed by atoms with van der Waals surface area (Å²) in [5, 5.41) is 9.77. The second-order valence-corrected chi connectivity index (χ2v) is 12.7. The van der Waals surface area contributed by atoms with Gasteiger partial charge in [-0.3, -0.25) is 14.4 Å². The Morgan fingerprint density at radius 3 is 2.34 bits per heavy atom. The van der Waals surface area contributed by atoms with Crippen molar-refractivity contribution in [2.75, 3.05) is 36.0 Å². The van der Waals surface area contributed by atoms with E-state index in [-0.39, 0.29) is 43.3 Å². The predicted octanol–water partition coefficient (Wildman–Crippen LogP) is 5.25. The zero-order valence-electron chi connectivity index (χ0n) is 25.5. The van der Waals surface area contributed by atoms with Gasteiger partial charge in [0.2, 0.25) is 11.8 Å². The summed E-state index contributed by atoms with van der Waals surface area (Å²) < 4.78 is 6.96. The highest BCUT2D eigenvalue weighted by Crippen LogP contribution is 2.65. The highest BCUT2D eigenvalue weighted by Gasteiger charge is 2.80. The van der Waals surface area contributed by atoms with Crippen molar-refractivity contribution in [1.29, 1.82) is 0 Å². The van der Waals surface area contributed by atoms with Crippen LogP contribution >= 0.6 is 11.6 Å². The van der Waals surface area contributed by atoms with Crippen LogP contribution in [0.4, 0.5) is 11.4 Å². The largest absolute Gasteiger partial charge is 0.396 e. The second kappa shape index (κ2) is 12.9. The number of unbranched alkanes of at least 4 members (excludes halogenated alkanes) is 2. The minimum absolute atomic E-state index is 0.0522. The summed E-state index contributed by atoms with van der Waals surface area (Å²) in [6.07, 6.45) is 5.66. The molecule has 0 radical (unpaired) electrons. The number of likely N-dealkylation sites (tertiary alicyclic amines) is 1. The van der Waals surface area contributed by atoms with Crippen LogP contribution in [0.15, 0.2) is 79.9 Å². The highest BCUT2D eigenvalue weighted by molar-refractivity contribution is 6.34. The van der Waals surface area contributed by atoms with Crippen molar-refractivity contribution < 1.29 is 24.2 Å². The van der Waals surface area contributed by atoms with Gasteiger partial charge >= 0.3 is 0 Å². The van der Waals surface area contributed by atoms with Crippen LogP contribution in [0, 0.1) is 17.8 Å². The Bertz CT molecular complexity index is 1420. The molecule has 3 heterocycles. The standard InChI is InChI=1S/C35H42ClN3O5/c1-5-19-37(25-15-9-7-10-16-25)31(41)28-29-32(42)39(21-13-8-14-22-40)30(35(29)23-24(3)34(28,4)44-35)33(43)38(20-6-2)27-18-12-11-17-26(27)36/h5-7,9-12,15-18,24,28-30,40H,1-2,8,13-14,19-23H2,3-4H3/t24?,28-,29-,30?,34+,35?/m0/s1. The summed E-state index contributed by atoms with van der Waals surface area (Å²) in [6, 6.07) is 15.5. The fourth-order valence-electron chi connectivity index (χ4n) is 7.69. The Labute approximate surface area is 264 Å². The topological polar surface area (TPSA) is 90.4 Å². The van der Waals surface area contributed by atoms with Crippen molar-refractivity contribution >= 4 is 40.7 Å². The molecule has 3 fully saturated rings. The van der Waals surface area contributed by atoms with Gasteiger partial charge < -0.3 is 24.5 Å². The van der Waals surface area contributed by atoms with Crippen molar-refractivity contribution in [2.24, 2.45) is 17.8 Å². The van der Waals surface area contributed by atoms with Gasteiger partial charge in [0.25, 0.3) is 5.91 Å². The van der Waals surface area contributed by atoms with E-state index in [9.17, 15) is 19.5 Å². The summed E-state index contributed by atoms with van der Waals surface area (Å²) in [7, 11) is 0. The van der Waals surface area contributed by atoms with Crippen molar-refractivity contribution in [2.45, 2.75) is 56.8 Å². The number of para-hydroxylation sites is 2. The molecule has 3 aliphatic heterocycles. The maximum absolute atomic E-state index is 14.8. The SMILES string of the molecule is C=CCN(C(=O)[C@@H]1[C@H]2C(=O)N(CCCCCO)C(C(=O)N(CC=C)c3ccccc3Cl)C23CC(C)[C@@]1(C)O3)c1ccccc1. The molecular weight excluding hydrogens is 578 g/mol. The molecule has 9 heteroatoms. The van der Waals surface area contributed by atoms with Gasteiger partial charge in [-0.25, -0.2) is 0 Å². The predicted molar refractivity (Wildman–Crippen MR) is 172 cm³/mol. The van der Waals surface area contributed by atoms with Gasteiger partial charge in [0.05, 0.1) is 28.1 Å². The van der Waals surface area contributed by atoms with Crippen molar-refractivity contribution in [3.8, 4) is 0 Å². The third kappa shape index (κ3) is 5.17. The van der Waals surface area contributed by atoms with Gasteiger partial charge in [0.1, 0.15) is 11.6 Å². The maximum Gasteiger partial charge on any atom is 0.253 e. The van der Waals surface area contributed by atoms with Crippen molar-refractivity contribution in [1.82, 2.24) is 4.90 Å². The Morgan fingerprint density at radius 2 is 1.68 bits per heavy atom. The van der Waals surface area contributed by atoms with E-state index in [4.69, 9.17) is 16.3 Å². The average molecular weight is 620 g/mol. The van der Waals surface area contributed by atoms with E-state index >= 15 is 0 Å². The molecule has 0 aliphatic carbocycles. The molecule has 3 aliphatic rings.